The molecule has 1 saturated carbocycles. The monoisotopic (exact) mass is 590 g/mol. The molecule has 0 aromatic carbocycles. The van der Waals surface area contributed by atoms with Crippen LogP contribution in [-0.2, 0) is 6.54 Å². The summed E-state index contributed by atoms with van der Waals surface area (Å²) in [5.41, 5.74) is 1.91. The highest BCUT2D eigenvalue weighted by Crippen LogP contribution is 2.28. The Morgan fingerprint density at radius 3 is 1.95 bits per heavy atom. The normalized spacial score (nSPS) is 12.5. The standard InChI is InChI=1S/C17H19FN2O2.C7H12F2.C3H8O.2C2H6.CH3F/c1-5-12(13-9-11(4)19-17(22)15(13)18)16-10(3)7-8-14(21)20(16)6-2;8-7(9)6-4-2-1-3-5-6;1-2-3-4;3*1-2/h5,7-9H,6H2,1-4H3,(H,19,22);6-7H,1-5H2;4H,2-3H2,1H3;2*1-2H3;1H3/b12-5-;;;;;. The van der Waals surface area contributed by atoms with Crippen molar-refractivity contribution in [2.24, 2.45) is 5.92 Å². The van der Waals surface area contributed by atoms with Gasteiger partial charge in [-0.05, 0) is 58.6 Å². The summed E-state index contributed by atoms with van der Waals surface area (Å²) in [6.45, 7) is 17.9. The minimum atomic E-state index is -2.06. The average molecular weight is 591 g/mol. The number of hydrogen-bond acceptors (Lipinski definition) is 3. The first-order valence-corrected chi connectivity index (χ1v) is 14.7. The maximum Gasteiger partial charge on any atom is 0.284 e. The third kappa shape index (κ3) is 15.2. The molecule has 2 N–H and O–H groups in total. The number of nitrogens with one attached hydrogen (secondary N) is 1. The molecular formula is C32H54F4N2O3. The van der Waals surface area contributed by atoms with Crippen LogP contribution in [0.4, 0.5) is 17.6 Å². The van der Waals surface area contributed by atoms with Gasteiger partial charge in [0.25, 0.3) is 11.1 Å². The Balaban J connectivity index is -0.000000627. The van der Waals surface area contributed by atoms with Crippen molar-refractivity contribution >= 4 is 5.57 Å². The first-order valence-electron chi connectivity index (χ1n) is 14.7. The number of rotatable bonds is 5. The second-order valence-corrected chi connectivity index (χ2v) is 8.62. The zero-order valence-corrected chi connectivity index (χ0v) is 26.8. The van der Waals surface area contributed by atoms with E-state index in [2.05, 4.69) is 4.98 Å². The van der Waals surface area contributed by atoms with Crippen molar-refractivity contribution in [1.29, 1.82) is 0 Å². The Kier molecular flexibility index (Phi) is 27.4. The Morgan fingerprint density at radius 1 is 1.05 bits per heavy atom. The zero-order chi connectivity index (χ0) is 32.5. The highest BCUT2D eigenvalue weighted by Gasteiger charge is 2.22. The summed E-state index contributed by atoms with van der Waals surface area (Å²) in [6, 6.07) is 4.79. The molecular weight excluding hydrogens is 536 g/mol. The lowest BCUT2D eigenvalue weighted by atomic mass is 9.90. The van der Waals surface area contributed by atoms with Crippen molar-refractivity contribution in [3.05, 3.63) is 73.3 Å². The predicted molar refractivity (Wildman–Crippen MR) is 165 cm³/mol. The van der Waals surface area contributed by atoms with Crippen molar-refractivity contribution in [2.45, 2.75) is 114 Å². The van der Waals surface area contributed by atoms with Crippen molar-refractivity contribution < 1.29 is 22.7 Å². The van der Waals surface area contributed by atoms with Crippen LogP contribution in [0.5, 0.6) is 0 Å². The molecule has 9 heteroatoms. The molecule has 238 valence electrons. The minimum absolute atomic E-state index is 0.149. The van der Waals surface area contributed by atoms with Gasteiger partial charge in [-0.25, -0.2) is 13.2 Å². The molecule has 0 unspecified atom stereocenters. The second-order valence-electron chi connectivity index (χ2n) is 8.62. The van der Waals surface area contributed by atoms with Gasteiger partial charge in [0.2, 0.25) is 6.43 Å². The lowest BCUT2D eigenvalue weighted by Crippen LogP contribution is -2.24. The van der Waals surface area contributed by atoms with Crippen LogP contribution in [0.2, 0.25) is 0 Å². The molecule has 0 radical (unpaired) electrons. The molecule has 0 saturated heterocycles. The summed E-state index contributed by atoms with van der Waals surface area (Å²) < 4.78 is 49.2. The molecule has 0 amide bonds. The SMILES string of the molecule is C/C=C(/c1cc(C)[nH]c(=O)c1F)c1c(C)ccc(=O)n1CC.CC.CC.CCCO.CF.FC(F)C1CCCCC1. The van der Waals surface area contributed by atoms with Gasteiger partial charge < -0.3 is 14.7 Å². The summed E-state index contributed by atoms with van der Waals surface area (Å²) in [4.78, 5) is 26.2. The van der Waals surface area contributed by atoms with Gasteiger partial charge in [-0.3, -0.25) is 14.0 Å². The van der Waals surface area contributed by atoms with Crippen LogP contribution in [0.15, 0.2) is 33.9 Å². The van der Waals surface area contributed by atoms with Crippen molar-refractivity contribution in [2.75, 3.05) is 13.8 Å². The fraction of sp³-hybridized carbons (Fsp3) is 0.625. The van der Waals surface area contributed by atoms with E-state index in [0.717, 1.165) is 44.1 Å². The summed E-state index contributed by atoms with van der Waals surface area (Å²) in [5.74, 6) is -1.11. The largest absolute Gasteiger partial charge is 0.396 e. The number of halogens is 4. The van der Waals surface area contributed by atoms with Gasteiger partial charge >= 0.3 is 0 Å². The third-order valence-electron chi connectivity index (χ3n) is 5.87. The van der Waals surface area contributed by atoms with Gasteiger partial charge in [0, 0.05) is 42.0 Å². The summed E-state index contributed by atoms with van der Waals surface area (Å²) >= 11 is 0. The third-order valence-corrected chi connectivity index (χ3v) is 5.87. The summed E-state index contributed by atoms with van der Waals surface area (Å²) in [7, 11) is 0.500. The number of hydrogen-bond donors (Lipinski definition) is 2. The van der Waals surface area contributed by atoms with E-state index in [1.54, 1.807) is 36.6 Å². The number of pyridine rings is 2. The number of nitrogens with zero attached hydrogens (tertiary/aromatic N) is 1. The number of alkyl halides is 3. The lowest BCUT2D eigenvalue weighted by Gasteiger charge is -2.19. The molecule has 2 heterocycles. The maximum absolute atomic E-state index is 14.3. The van der Waals surface area contributed by atoms with Crippen molar-refractivity contribution in [1.82, 2.24) is 9.55 Å². The van der Waals surface area contributed by atoms with Crippen LogP contribution >= 0.6 is 0 Å². The van der Waals surface area contributed by atoms with Gasteiger partial charge in [0.05, 0.1) is 12.9 Å². The fourth-order valence-corrected chi connectivity index (χ4v) is 4.03. The smallest absolute Gasteiger partial charge is 0.284 e. The maximum atomic E-state index is 14.3. The molecule has 0 bridgehead atoms. The fourth-order valence-electron chi connectivity index (χ4n) is 4.03. The molecule has 41 heavy (non-hydrogen) atoms. The molecule has 2 aromatic heterocycles. The number of aryl methyl sites for hydroxylation is 2. The number of aliphatic hydroxyl groups excluding tert-OH is 1. The van der Waals surface area contributed by atoms with Crippen molar-refractivity contribution in [3.8, 4) is 0 Å². The number of allylic oxidation sites excluding steroid dienone is 1. The summed E-state index contributed by atoms with van der Waals surface area (Å²) in [5, 5.41) is 7.88. The molecule has 0 aliphatic heterocycles. The lowest BCUT2D eigenvalue weighted by molar-refractivity contribution is 0.0563. The van der Waals surface area contributed by atoms with Crippen LogP contribution in [0, 0.1) is 25.6 Å². The van der Waals surface area contributed by atoms with Gasteiger partial charge in [0.15, 0.2) is 5.82 Å². The topological polar surface area (TPSA) is 75.1 Å². The number of aromatic amines is 1. The average Bonchev–Trinajstić information content (AvgIpc) is 3.01. The molecule has 3 rings (SSSR count). The van der Waals surface area contributed by atoms with Crippen molar-refractivity contribution in [3.63, 3.8) is 0 Å². The molecule has 0 spiro atoms. The Bertz CT molecular complexity index is 1070. The van der Waals surface area contributed by atoms with Gasteiger partial charge in [-0.15, -0.1) is 0 Å². The van der Waals surface area contributed by atoms with Crippen LogP contribution in [0.25, 0.3) is 5.57 Å². The molecule has 1 aliphatic rings. The van der Waals surface area contributed by atoms with E-state index in [1.165, 1.54) is 6.07 Å². The zero-order valence-electron chi connectivity index (χ0n) is 26.8. The van der Waals surface area contributed by atoms with Gasteiger partial charge in [0.1, 0.15) is 0 Å². The Morgan fingerprint density at radius 2 is 1.56 bits per heavy atom. The molecule has 1 aliphatic carbocycles. The van der Waals surface area contributed by atoms with E-state index in [0.29, 0.717) is 37.3 Å². The molecule has 2 aromatic rings. The van der Waals surface area contributed by atoms with Crippen LogP contribution < -0.4 is 11.1 Å². The number of aromatic nitrogens is 2. The Labute approximate surface area is 244 Å². The van der Waals surface area contributed by atoms with E-state index >= 15 is 0 Å². The first kappa shape index (κ1) is 42.8. The Hall–Kier alpha value is -2.68. The van der Waals surface area contributed by atoms with Crippen LogP contribution in [-0.4, -0.2) is 34.9 Å². The summed E-state index contributed by atoms with van der Waals surface area (Å²) in [6.07, 6.45) is 5.21. The highest BCUT2D eigenvalue weighted by atomic mass is 19.3. The van der Waals surface area contributed by atoms with E-state index in [4.69, 9.17) is 5.11 Å². The first-order chi connectivity index (χ1) is 19.6. The van der Waals surface area contributed by atoms with Gasteiger partial charge in [-0.1, -0.05) is 66.0 Å². The predicted octanol–water partition coefficient (Wildman–Crippen LogP) is 8.62. The second kappa shape index (κ2) is 26.2. The van der Waals surface area contributed by atoms with Crippen LogP contribution in [0.3, 0.4) is 0 Å². The van der Waals surface area contributed by atoms with Gasteiger partial charge in [-0.2, -0.15) is 0 Å². The number of H-pyrrole nitrogens is 1. The molecule has 1 fully saturated rings. The molecule has 0 atom stereocenters. The highest BCUT2D eigenvalue weighted by molar-refractivity contribution is 5.79. The molecule has 5 nitrogen and oxygen atoms in total. The van der Waals surface area contributed by atoms with Crippen LogP contribution in [0.1, 0.15) is 110 Å². The van der Waals surface area contributed by atoms with E-state index in [-0.39, 0.29) is 17.0 Å². The quantitative estimate of drug-likeness (QED) is 0.342. The van der Waals surface area contributed by atoms with E-state index < -0.39 is 17.8 Å². The van der Waals surface area contributed by atoms with E-state index in [1.807, 2.05) is 48.5 Å². The number of aliphatic hydroxyl groups is 1. The van der Waals surface area contributed by atoms with E-state index in [9.17, 15) is 27.2 Å². The minimum Gasteiger partial charge on any atom is -0.396 e.